The molecular formula is C15H19F3N4O. The number of alkyl halides is 3. The van der Waals surface area contributed by atoms with E-state index in [1.807, 2.05) is 13.8 Å². The maximum atomic E-state index is 13.1. The number of hydrogen-bond donors (Lipinski definition) is 2. The highest BCUT2D eigenvalue weighted by atomic mass is 19.4. The number of nitrogens with zero attached hydrogens (tertiary/aromatic N) is 2. The molecule has 2 rings (SSSR count). The quantitative estimate of drug-likeness (QED) is 0.886. The molecule has 0 saturated heterocycles. The molecule has 0 radical (unpaired) electrons. The molecule has 0 saturated carbocycles. The molecule has 1 aromatic heterocycles. The van der Waals surface area contributed by atoms with Crippen LogP contribution in [0.1, 0.15) is 26.1 Å². The lowest BCUT2D eigenvalue weighted by molar-refractivity contribution is -0.146. The number of nitrogens with one attached hydrogen (secondary N) is 2. The highest BCUT2D eigenvalue weighted by molar-refractivity contribution is 5.76. The van der Waals surface area contributed by atoms with E-state index >= 15 is 0 Å². The molecule has 0 aliphatic carbocycles. The number of halogens is 3. The van der Waals surface area contributed by atoms with E-state index in [1.54, 1.807) is 18.2 Å². The Kier molecular flexibility index (Phi) is 5.12. The zero-order valence-electron chi connectivity index (χ0n) is 12.9. The van der Waals surface area contributed by atoms with Gasteiger partial charge in [0.15, 0.2) is 0 Å². The summed E-state index contributed by atoms with van der Waals surface area (Å²) in [6.07, 6.45) is -3.77. The Morgan fingerprint density at radius 3 is 2.70 bits per heavy atom. The molecule has 0 bridgehead atoms. The van der Waals surface area contributed by atoms with Gasteiger partial charge in [0.2, 0.25) is 5.82 Å². The number of rotatable bonds is 5. The van der Waals surface area contributed by atoms with Crippen LogP contribution in [-0.4, -0.2) is 28.2 Å². The zero-order valence-corrected chi connectivity index (χ0v) is 12.9. The minimum absolute atomic E-state index is 0.00908. The Morgan fingerprint density at radius 2 is 2.04 bits per heavy atom. The Labute approximate surface area is 131 Å². The Bertz CT molecular complexity index is 681. The predicted octanol–water partition coefficient (Wildman–Crippen LogP) is 3.15. The van der Waals surface area contributed by atoms with Gasteiger partial charge in [0.05, 0.1) is 11.0 Å². The van der Waals surface area contributed by atoms with E-state index in [9.17, 15) is 18.0 Å². The summed E-state index contributed by atoms with van der Waals surface area (Å²) in [5, 5.41) is 5.26. The monoisotopic (exact) mass is 328 g/mol. The molecule has 1 atom stereocenters. The molecule has 1 heterocycles. The van der Waals surface area contributed by atoms with Crippen LogP contribution < -0.4 is 10.6 Å². The van der Waals surface area contributed by atoms with Crippen molar-refractivity contribution in [1.29, 1.82) is 0 Å². The van der Waals surface area contributed by atoms with Gasteiger partial charge in [-0.25, -0.2) is 9.78 Å². The normalized spacial score (nSPS) is 13.1. The van der Waals surface area contributed by atoms with Gasteiger partial charge in [0.25, 0.3) is 0 Å². The lowest BCUT2D eigenvalue weighted by atomic mass is 10.3. The Morgan fingerprint density at radius 1 is 1.35 bits per heavy atom. The van der Waals surface area contributed by atoms with E-state index in [1.165, 1.54) is 6.07 Å². The number of imidazole rings is 1. The van der Waals surface area contributed by atoms with Crippen LogP contribution >= 0.6 is 0 Å². The predicted molar refractivity (Wildman–Crippen MR) is 81.0 cm³/mol. The molecule has 2 N–H and O–H groups in total. The van der Waals surface area contributed by atoms with Crippen molar-refractivity contribution in [2.45, 2.75) is 39.0 Å². The molecule has 5 nitrogen and oxygen atoms in total. The van der Waals surface area contributed by atoms with E-state index in [0.29, 0.717) is 5.52 Å². The average molecular weight is 328 g/mol. The fourth-order valence-corrected chi connectivity index (χ4v) is 2.18. The molecule has 2 aromatic rings. The van der Waals surface area contributed by atoms with Gasteiger partial charge in [-0.2, -0.15) is 13.2 Å². The largest absolute Gasteiger partial charge is 0.449 e. The zero-order chi connectivity index (χ0) is 17.0. The van der Waals surface area contributed by atoms with Gasteiger partial charge in [-0.3, -0.25) is 0 Å². The molecular weight excluding hydrogens is 309 g/mol. The van der Waals surface area contributed by atoms with E-state index in [4.69, 9.17) is 0 Å². The first-order valence-electron chi connectivity index (χ1n) is 7.39. The van der Waals surface area contributed by atoms with Gasteiger partial charge in [-0.15, -0.1) is 0 Å². The second-order valence-corrected chi connectivity index (χ2v) is 5.28. The summed E-state index contributed by atoms with van der Waals surface area (Å²) in [6, 6.07) is 6.02. The van der Waals surface area contributed by atoms with Crippen molar-refractivity contribution in [2.24, 2.45) is 0 Å². The Balaban J connectivity index is 2.11. The summed E-state index contributed by atoms with van der Waals surface area (Å²) < 4.78 is 40.4. The summed E-state index contributed by atoms with van der Waals surface area (Å²) in [5.74, 6) is -0.956. The first-order chi connectivity index (χ1) is 10.8. The van der Waals surface area contributed by atoms with Crippen LogP contribution in [-0.2, 0) is 12.7 Å². The maximum Gasteiger partial charge on any atom is 0.449 e. The van der Waals surface area contributed by atoms with Crippen molar-refractivity contribution >= 4 is 17.1 Å². The topological polar surface area (TPSA) is 59.0 Å². The first kappa shape index (κ1) is 17.1. The summed E-state index contributed by atoms with van der Waals surface area (Å²) >= 11 is 0. The van der Waals surface area contributed by atoms with Crippen molar-refractivity contribution in [1.82, 2.24) is 20.2 Å². The third-order valence-corrected chi connectivity index (χ3v) is 3.52. The number of fused-ring (bicyclic) bond motifs is 1. The van der Waals surface area contributed by atoms with Gasteiger partial charge in [0, 0.05) is 19.1 Å². The number of hydrogen-bond acceptors (Lipinski definition) is 2. The van der Waals surface area contributed by atoms with Crippen LogP contribution in [0.4, 0.5) is 18.0 Å². The average Bonchev–Trinajstić information content (AvgIpc) is 2.86. The highest BCUT2D eigenvalue weighted by Crippen LogP contribution is 2.31. The lowest BCUT2D eigenvalue weighted by Gasteiger charge is -2.14. The standard InChI is InChI=1S/C15H19F3N4O/c1-3-10(2)20-14(23)19-8-9-22-12-7-5-4-6-11(12)21-13(22)15(16,17)18/h4-7,10H,3,8-9H2,1-2H3,(H2,19,20,23). The third-order valence-electron chi connectivity index (χ3n) is 3.52. The van der Waals surface area contributed by atoms with E-state index in [0.717, 1.165) is 11.0 Å². The molecule has 0 aliphatic rings. The summed E-state index contributed by atoms with van der Waals surface area (Å²) in [5.41, 5.74) is 0.674. The summed E-state index contributed by atoms with van der Waals surface area (Å²) in [4.78, 5) is 15.3. The highest BCUT2D eigenvalue weighted by Gasteiger charge is 2.37. The lowest BCUT2D eigenvalue weighted by Crippen LogP contribution is -2.41. The van der Waals surface area contributed by atoms with Crippen molar-refractivity contribution in [3.8, 4) is 0 Å². The van der Waals surface area contributed by atoms with Crippen molar-refractivity contribution < 1.29 is 18.0 Å². The second kappa shape index (κ2) is 6.89. The molecule has 0 spiro atoms. The van der Waals surface area contributed by atoms with Crippen molar-refractivity contribution in [3.05, 3.63) is 30.1 Å². The van der Waals surface area contributed by atoms with E-state index < -0.39 is 18.0 Å². The number of benzene rings is 1. The van der Waals surface area contributed by atoms with Crippen molar-refractivity contribution in [2.75, 3.05) is 6.54 Å². The number of carbonyl (C=O) groups excluding carboxylic acids is 1. The molecule has 8 heteroatoms. The molecule has 126 valence electrons. The van der Waals surface area contributed by atoms with Crippen LogP contribution in [0.3, 0.4) is 0 Å². The van der Waals surface area contributed by atoms with Gasteiger partial charge in [-0.05, 0) is 25.5 Å². The molecule has 2 amide bonds. The Hall–Kier alpha value is -2.25. The SMILES string of the molecule is CCC(C)NC(=O)NCCn1c(C(F)(F)F)nc2ccccc21. The van der Waals surface area contributed by atoms with Gasteiger partial charge < -0.3 is 15.2 Å². The first-order valence-corrected chi connectivity index (χ1v) is 7.39. The number of carbonyl (C=O) groups is 1. The molecule has 23 heavy (non-hydrogen) atoms. The van der Waals surface area contributed by atoms with Crippen molar-refractivity contribution in [3.63, 3.8) is 0 Å². The molecule has 0 fully saturated rings. The fourth-order valence-electron chi connectivity index (χ4n) is 2.18. The van der Waals surface area contributed by atoms with Crippen LogP contribution in [0, 0.1) is 0 Å². The smallest absolute Gasteiger partial charge is 0.336 e. The summed E-state index contributed by atoms with van der Waals surface area (Å²) in [6.45, 7) is 3.85. The molecule has 1 aromatic carbocycles. The van der Waals surface area contributed by atoms with Crippen LogP contribution in [0.15, 0.2) is 24.3 Å². The molecule has 1 unspecified atom stereocenters. The minimum Gasteiger partial charge on any atom is -0.336 e. The maximum absolute atomic E-state index is 13.1. The van der Waals surface area contributed by atoms with Crippen LogP contribution in [0.25, 0.3) is 11.0 Å². The third kappa shape index (κ3) is 4.14. The van der Waals surface area contributed by atoms with Gasteiger partial charge in [-0.1, -0.05) is 19.1 Å². The second-order valence-electron chi connectivity index (χ2n) is 5.28. The minimum atomic E-state index is -4.54. The summed E-state index contributed by atoms with van der Waals surface area (Å²) in [7, 11) is 0. The van der Waals surface area contributed by atoms with Gasteiger partial charge in [0.1, 0.15) is 0 Å². The molecule has 0 aliphatic heterocycles. The van der Waals surface area contributed by atoms with E-state index in [-0.39, 0.29) is 24.6 Å². The van der Waals surface area contributed by atoms with Crippen LogP contribution in [0.5, 0.6) is 0 Å². The number of para-hydroxylation sites is 2. The number of urea groups is 1. The van der Waals surface area contributed by atoms with E-state index in [2.05, 4.69) is 15.6 Å². The number of amides is 2. The number of aromatic nitrogens is 2. The fraction of sp³-hybridized carbons (Fsp3) is 0.467. The van der Waals surface area contributed by atoms with Gasteiger partial charge >= 0.3 is 12.2 Å². The van der Waals surface area contributed by atoms with Crippen LogP contribution in [0.2, 0.25) is 0 Å².